The number of amides is 1. The smallest absolute Gasteiger partial charge is 0.240 e. The second-order valence-corrected chi connectivity index (χ2v) is 6.70. The van der Waals surface area contributed by atoms with Gasteiger partial charge in [-0.1, -0.05) is 5.16 Å². The van der Waals surface area contributed by atoms with Gasteiger partial charge in [-0.2, -0.15) is 0 Å². The second-order valence-electron chi connectivity index (χ2n) is 6.70. The summed E-state index contributed by atoms with van der Waals surface area (Å²) in [6, 6.07) is 2.11. The summed E-state index contributed by atoms with van der Waals surface area (Å²) in [6.45, 7) is 6.62. The zero-order valence-electron chi connectivity index (χ0n) is 15.2. The molecular formula is C16H25N7O2. The molecule has 9 heteroatoms. The summed E-state index contributed by atoms with van der Waals surface area (Å²) >= 11 is 0. The number of hydrogen-bond donors (Lipinski definition) is 1. The molecule has 0 unspecified atom stereocenters. The van der Waals surface area contributed by atoms with Gasteiger partial charge in [0.1, 0.15) is 11.6 Å². The minimum atomic E-state index is -0.0802. The Morgan fingerprint density at radius 2 is 2.24 bits per heavy atom. The van der Waals surface area contributed by atoms with Crippen molar-refractivity contribution in [1.82, 2.24) is 29.7 Å². The van der Waals surface area contributed by atoms with Crippen LogP contribution in [0.1, 0.15) is 23.8 Å². The highest BCUT2D eigenvalue weighted by molar-refractivity contribution is 5.90. The molecule has 0 radical (unpaired) electrons. The SMILES string of the molecule is Cc1cc(NC(=O)CN2CC[C@@H](N(C)Cc3nnc(C)n3C)C2)on1. The number of carbonyl (C=O) groups excluding carboxylic acids is 1. The minimum Gasteiger partial charge on any atom is -0.338 e. The van der Waals surface area contributed by atoms with E-state index in [1.54, 1.807) is 6.07 Å². The Bertz CT molecular complexity index is 739. The van der Waals surface area contributed by atoms with E-state index in [0.717, 1.165) is 43.4 Å². The van der Waals surface area contributed by atoms with Crippen LogP contribution in [0.2, 0.25) is 0 Å². The normalized spacial score (nSPS) is 18.2. The Morgan fingerprint density at radius 1 is 1.44 bits per heavy atom. The van der Waals surface area contributed by atoms with Gasteiger partial charge in [-0.25, -0.2) is 0 Å². The summed E-state index contributed by atoms with van der Waals surface area (Å²) in [5, 5.41) is 14.8. The molecule has 2 aromatic rings. The fourth-order valence-electron chi connectivity index (χ4n) is 3.06. The number of hydrogen-bond acceptors (Lipinski definition) is 7. The van der Waals surface area contributed by atoms with Gasteiger partial charge < -0.3 is 9.09 Å². The van der Waals surface area contributed by atoms with Crippen LogP contribution in [-0.2, 0) is 18.4 Å². The summed E-state index contributed by atoms with van der Waals surface area (Å²) in [5.74, 6) is 2.18. The Labute approximate surface area is 147 Å². The molecule has 0 saturated carbocycles. The van der Waals surface area contributed by atoms with Gasteiger partial charge in [-0.15, -0.1) is 10.2 Å². The first-order chi connectivity index (χ1) is 11.9. The third kappa shape index (κ3) is 4.23. The Kier molecular flexibility index (Phi) is 5.14. The second kappa shape index (κ2) is 7.32. The highest BCUT2D eigenvalue weighted by atomic mass is 16.5. The quantitative estimate of drug-likeness (QED) is 0.816. The maximum atomic E-state index is 12.1. The molecule has 0 spiro atoms. The van der Waals surface area contributed by atoms with Gasteiger partial charge in [0, 0.05) is 32.2 Å². The van der Waals surface area contributed by atoms with Gasteiger partial charge in [-0.05, 0) is 27.3 Å². The highest BCUT2D eigenvalue weighted by Gasteiger charge is 2.27. The average molecular weight is 347 g/mol. The van der Waals surface area contributed by atoms with Crippen molar-refractivity contribution in [2.75, 3.05) is 32.0 Å². The van der Waals surface area contributed by atoms with Crippen molar-refractivity contribution in [1.29, 1.82) is 0 Å². The number of aryl methyl sites for hydroxylation is 2. The van der Waals surface area contributed by atoms with Crippen LogP contribution < -0.4 is 5.32 Å². The van der Waals surface area contributed by atoms with E-state index in [-0.39, 0.29) is 5.91 Å². The lowest BCUT2D eigenvalue weighted by Gasteiger charge is -2.24. The number of nitrogens with one attached hydrogen (secondary N) is 1. The van der Waals surface area contributed by atoms with Gasteiger partial charge in [0.05, 0.1) is 18.8 Å². The summed E-state index contributed by atoms with van der Waals surface area (Å²) in [6.07, 6.45) is 1.03. The molecule has 3 heterocycles. The first kappa shape index (κ1) is 17.6. The largest absolute Gasteiger partial charge is 0.338 e. The van der Waals surface area contributed by atoms with E-state index in [9.17, 15) is 4.79 Å². The van der Waals surface area contributed by atoms with E-state index in [0.29, 0.717) is 18.5 Å². The number of rotatable bonds is 6. The molecule has 1 fully saturated rings. The molecular weight excluding hydrogens is 322 g/mol. The number of aromatic nitrogens is 4. The maximum Gasteiger partial charge on any atom is 0.240 e. The molecule has 3 rings (SSSR count). The lowest BCUT2D eigenvalue weighted by molar-refractivity contribution is -0.117. The fraction of sp³-hybridized carbons (Fsp3) is 0.625. The van der Waals surface area contributed by atoms with Gasteiger partial charge in [-0.3, -0.25) is 19.9 Å². The summed E-state index contributed by atoms with van der Waals surface area (Å²) in [4.78, 5) is 16.6. The van der Waals surface area contributed by atoms with Crippen LogP contribution in [0, 0.1) is 13.8 Å². The topological polar surface area (TPSA) is 92.3 Å². The molecule has 25 heavy (non-hydrogen) atoms. The third-order valence-electron chi connectivity index (χ3n) is 4.70. The van der Waals surface area contributed by atoms with Crippen molar-refractivity contribution < 1.29 is 9.32 Å². The summed E-state index contributed by atoms with van der Waals surface area (Å²) in [5.41, 5.74) is 0.747. The van der Waals surface area contributed by atoms with Gasteiger partial charge in [0.2, 0.25) is 11.8 Å². The van der Waals surface area contributed by atoms with E-state index < -0.39 is 0 Å². The monoisotopic (exact) mass is 347 g/mol. The molecule has 1 aliphatic rings. The Hall–Kier alpha value is -2.26. The first-order valence-electron chi connectivity index (χ1n) is 8.43. The van der Waals surface area contributed by atoms with E-state index in [1.807, 2.05) is 25.5 Å². The molecule has 2 aromatic heterocycles. The molecule has 9 nitrogen and oxygen atoms in total. The van der Waals surface area contributed by atoms with Gasteiger partial charge in [0.25, 0.3) is 0 Å². The van der Waals surface area contributed by atoms with Crippen LogP contribution in [0.25, 0.3) is 0 Å². The van der Waals surface area contributed by atoms with E-state index >= 15 is 0 Å². The molecule has 1 aliphatic heterocycles. The lowest BCUT2D eigenvalue weighted by Crippen LogP contribution is -2.37. The zero-order chi connectivity index (χ0) is 18.0. The van der Waals surface area contributed by atoms with Crippen molar-refractivity contribution >= 4 is 11.8 Å². The van der Waals surface area contributed by atoms with Crippen LogP contribution >= 0.6 is 0 Å². The molecule has 136 valence electrons. The number of nitrogens with zero attached hydrogens (tertiary/aromatic N) is 6. The molecule has 1 amide bonds. The lowest BCUT2D eigenvalue weighted by atomic mass is 10.2. The maximum absolute atomic E-state index is 12.1. The number of likely N-dealkylation sites (tertiary alicyclic amines) is 1. The van der Waals surface area contributed by atoms with Gasteiger partial charge >= 0.3 is 0 Å². The molecule has 0 bridgehead atoms. The summed E-state index contributed by atoms with van der Waals surface area (Å²) < 4.78 is 7.02. The minimum absolute atomic E-state index is 0.0802. The highest BCUT2D eigenvalue weighted by Crippen LogP contribution is 2.16. The van der Waals surface area contributed by atoms with Crippen molar-refractivity contribution in [3.63, 3.8) is 0 Å². The van der Waals surface area contributed by atoms with Crippen molar-refractivity contribution in [3.05, 3.63) is 23.4 Å². The molecule has 1 N–H and O–H groups in total. The van der Waals surface area contributed by atoms with Crippen LogP contribution in [0.3, 0.4) is 0 Å². The predicted octanol–water partition coefficient (Wildman–Crippen LogP) is 0.565. The van der Waals surface area contributed by atoms with Gasteiger partial charge in [0.15, 0.2) is 0 Å². The average Bonchev–Trinajstić information content (AvgIpc) is 3.25. The van der Waals surface area contributed by atoms with Crippen molar-refractivity contribution in [2.45, 2.75) is 32.9 Å². The standard InChI is InChI=1S/C16H25N7O2/c1-11-7-16(25-20-11)17-15(24)10-23-6-5-13(8-23)21(3)9-14-19-18-12(2)22(14)4/h7,13H,5-6,8-10H2,1-4H3,(H,17,24)/t13-/m1/s1. The first-order valence-corrected chi connectivity index (χ1v) is 8.43. The van der Waals surface area contributed by atoms with Crippen molar-refractivity contribution in [2.24, 2.45) is 7.05 Å². The summed E-state index contributed by atoms with van der Waals surface area (Å²) in [7, 11) is 4.07. The van der Waals surface area contributed by atoms with E-state index in [4.69, 9.17) is 4.52 Å². The molecule has 1 atom stereocenters. The number of likely N-dealkylation sites (N-methyl/N-ethyl adjacent to an activating group) is 1. The predicted molar refractivity (Wildman–Crippen MR) is 91.9 cm³/mol. The number of carbonyl (C=O) groups is 1. The van der Waals surface area contributed by atoms with E-state index in [1.165, 1.54) is 0 Å². The number of anilines is 1. The van der Waals surface area contributed by atoms with Crippen LogP contribution in [0.5, 0.6) is 0 Å². The Morgan fingerprint density at radius 3 is 2.88 bits per heavy atom. The van der Waals surface area contributed by atoms with Crippen LogP contribution in [-0.4, -0.2) is 68.4 Å². The molecule has 0 aromatic carbocycles. The fourth-order valence-corrected chi connectivity index (χ4v) is 3.06. The zero-order valence-corrected chi connectivity index (χ0v) is 15.2. The third-order valence-corrected chi connectivity index (χ3v) is 4.70. The Balaban J connectivity index is 1.47. The molecule has 0 aliphatic carbocycles. The molecule has 1 saturated heterocycles. The van der Waals surface area contributed by atoms with E-state index in [2.05, 4.69) is 37.5 Å². The van der Waals surface area contributed by atoms with Crippen LogP contribution in [0.4, 0.5) is 5.88 Å². The van der Waals surface area contributed by atoms with Crippen molar-refractivity contribution in [3.8, 4) is 0 Å². The van der Waals surface area contributed by atoms with Crippen LogP contribution in [0.15, 0.2) is 10.6 Å².